The summed E-state index contributed by atoms with van der Waals surface area (Å²) < 4.78 is 0. The van der Waals surface area contributed by atoms with Crippen LogP contribution in [0.15, 0.2) is 152 Å². The van der Waals surface area contributed by atoms with Gasteiger partial charge in [-0.15, -0.1) is 0 Å². The van der Waals surface area contributed by atoms with Crippen LogP contribution in [-0.4, -0.2) is 9.97 Å². The number of aryl methyl sites for hydroxylation is 1. The molecule has 0 bridgehead atoms. The number of aromatic nitrogens is 2. The van der Waals surface area contributed by atoms with E-state index in [0.29, 0.717) is 0 Å². The first-order valence-electron chi connectivity index (χ1n) is 14.7. The van der Waals surface area contributed by atoms with Crippen LogP contribution in [0, 0.1) is 6.92 Å². The molecule has 43 heavy (non-hydrogen) atoms. The van der Waals surface area contributed by atoms with E-state index in [0.717, 1.165) is 28.1 Å². The molecule has 0 aliphatic heterocycles. The highest BCUT2D eigenvalue weighted by atomic mass is 14.8. The normalized spacial score (nSPS) is 11.4. The van der Waals surface area contributed by atoms with Crippen LogP contribution in [0.2, 0.25) is 0 Å². The lowest BCUT2D eigenvalue weighted by molar-refractivity contribution is 1.21. The van der Waals surface area contributed by atoms with Gasteiger partial charge < -0.3 is 0 Å². The predicted octanol–water partition coefficient (Wildman–Crippen LogP) is 10.9. The van der Waals surface area contributed by atoms with Gasteiger partial charge in [0.15, 0.2) is 0 Å². The molecule has 2 heteroatoms. The van der Waals surface area contributed by atoms with Crippen molar-refractivity contribution < 1.29 is 0 Å². The highest BCUT2D eigenvalue weighted by molar-refractivity contribution is 6.21. The van der Waals surface area contributed by atoms with Crippen LogP contribution < -0.4 is 0 Å². The largest absolute Gasteiger partial charge is 0.254 e. The molecule has 0 amide bonds. The van der Waals surface area contributed by atoms with Crippen molar-refractivity contribution in [1.29, 1.82) is 0 Å². The molecular weight excluding hydrogens is 520 g/mol. The summed E-state index contributed by atoms with van der Waals surface area (Å²) in [5.74, 6) is 0. The van der Waals surface area contributed by atoms with Crippen molar-refractivity contribution in [2.24, 2.45) is 0 Å². The molecule has 0 saturated carbocycles. The first-order chi connectivity index (χ1) is 21.2. The number of rotatable bonds is 4. The fourth-order valence-electron chi connectivity index (χ4n) is 6.38. The molecule has 202 valence electrons. The van der Waals surface area contributed by atoms with E-state index in [1.165, 1.54) is 54.6 Å². The van der Waals surface area contributed by atoms with Crippen LogP contribution in [0.4, 0.5) is 0 Å². The second-order valence-corrected chi connectivity index (χ2v) is 11.1. The molecule has 0 fully saturated rings. The van der Waals surface area contributed by atoms with E-state index >= 15 is 0 Å². The lowest BCUT2D eigenvalue weighted by Crippen LogP contribution is -1.92. The zero-order valence-electron chi connectivity index (χ0n) is 23.8. The Morgan fingerprint density at radius 2 is 0.977 bits per heavy atom. The third-order valence-corrected chi connectivity index (χ3v) is 8.49. The summed E-state index contributed by atoms with van der Waals surface area (Å²) in [4.78, 5) is 9.27. The van der Waals surface area contributed by atoms with Crippen LogP contribution in [0.5, 0.6) is 0 Å². The standard InChI is InChI=1S/C41H28N2/c1-27-9-8-24-42-41(27)38-23-22-33(26-43-38)29-16-19-30(20-17-29)39-34-12-4-6-14-36(34)40(37-15-7-5-13-35(37)39)32-21-18-28-10-2-3-11-31(28)25-32/h2-26H,1H3. The molecule has 6 aromatic carbocycles. The van der Waals surface area contributed by atoms with Gasteiger partial charge in [-0.05, 0) is 90.8 Å². The Morgan fingerprint density at radius 1 is 0.419 bits per heavy atom. The lowest BCUT2D eigenvalue weighted by Gasteiger charge is -2.18. The fraction of sp³-hybridized carbons (Fsp3) is 0.0244. The van der Waals surface area contributed by atoms with Crippen molar-refractivity contribution in [3.8, 4) is 44.8 Å². The van der Waals surface area contributed by atoms with Crippen LogP contribution in [0.1, 0.15) is 5.56 Å². The number of hydrogen-bond donors (Lipinski definition) is 0. The topological polar surface area (TPSA) is 25.8 Å². The number of pyridine rings is 2. The smallest absolute Gasteiger partial charge is 0.0915 e. The van der Waals surface area contributed by atoms with Gasteiger partial charge in [0.25, 0.3) is 0 Å². The van der Waals surface area contributed by atoms with Crippen molar-refractivity contribution in [3.05, 3.63) is 157 Å². The average molecular weight is 549 g/mol. The van der Waals surface area contributed by atoms with Gasteiger partial charge in [0.2, 0.25) is 0 Å². The Balaban J connectivity index is 1.25. The summed E-state index contributed by atoms with van der Waals surface area (Å²) in [6.07, 6.45) is 3.76. The van der Waals surface area contributed by atoms with Crippen molar-refractivity contribution in [2.45, 2.75) is 6.92 Å². The van der Waals surface area contributed by atoms with E-state index in [2.05, 4.69) is 145 Å². The van der Waals surface area contributed by atoms with Crippen LogP contribution in [-0.2, 0) is 0 Å². The third-order valence-electron chi connectivity index (χ3n) is 8.49. The maximum absolute atomic E-state index is 4.74. The number of hydrogen-bond acceptors (Lipinski definition) is 2. The summed E-state index contributed by atoms with van der Waals surface area (Å²) in [5.41, 5.74) is 10.2. The zero-order chi connectivity index (χ0) is 28.8. The molecule has 0 unspecified atom stereocenters. The van der Waals surface area contributed by atoms with Crippen LogP contribution in [0.25, 0.3) is 77.1 Å². The second kappa shape index (κ2) is 10.3. The Morgan fingerprint density at radius 3 is 1.60 bits per heavy atom. The van der Waals surface area contributed by atoms with Gasteiger partial charge in [-0.2, -0.15) is 0 Å². The summed E-state index contributed by atoms with van der Waals surface area (Å²) in [6, 6.07) is 50.2. The average Bonchev–Trinajstić information content (AvgIpc) is 3.07. The molecule has 2 nitrogen and oxygen atoms in total. The van der Waals surface area contributed by atoms with E-state index in [4.69, 9.17) is 4.98 Å². The maximum atomic E-state index is 4.74. The summed E-state index contributed by atoms with van der Waals surface area (Å²) in [5, 5.41) is 7.56. The van der Waals surface area contributed by atoms with Gasteiger partial charge in [-0.25, -0.2) is 0 Å². The molecule has 0 atom stereocenters. The van der Waals surface area contributed by atoms with Gasteiger partial charge in [-0.3, -0.25) is 9.97 Å². The Labute approximate surface area is 251 Å². The number of benzene rings is 6. The van der Waals surface area contributed by atoms with E-state index in [1.807, 2.05) is 18.5 Å². The minimum absolute atomic E-state index is 0.892. The monoisotopic (exact) mass is 548 g/mol. The van der Waals surface area contributed by atoms with Gasteiger partial charge in [0, 0.05) is 18.0 Å². The van der Waals surface area contributed by atoms with Gasteiger partial charge in [-0.1, -0.05) is 121 Å². The fourth-order valence-corrected chi connectivity index (χ4v) is 6.38. The first kappa shape index (κ1) is 25.1. The molecule has 0 N–H and O–H groups in total. The predicted molar refractivity (Wildman–Crippen MR) is 181 cm³/mol. The van der Waals surface area contributed by atoms with E-state index in [1.54, 1.807) is 0 Å². The van der Waals surface area contributed by atoms with Gasteiger partial charge >= 0.3 is 0 Å². The number of nitrogens with zero attached hydrogens (tertiary/aromatic N) is 2. The van der Waals surface area contributed by atoms with Crippen LogP contribution in [0.3, 0.4) is 0 Å². The Bertz CT molecular complexity index is 2220. The van der Waals surface area contributed by atoms with Crippen molar-refractivity contribution in [3.63, 3.8) is 0 Å². The summed E-state index contributed by atoms with van der Waals surface area (Å²) in [7, 11) is 0. The molecule has 0 spiro atoms. The van der Waals surface area contributed by atoms with Crippen molar-refractivity contribution >= 4 is 32.3 Å². The molecule has 0 saturated heterocycles. The Kier molecular flexibility index (Phi) is 6.05. The quantitative estimate of drug-likeness (QED) is 0.204. The van der Waals surface area contributed by atoms with Crippen molar-refractivity contribution in [1.82, 2.24) is 9.97 Å². The molecule has 8 rings (SSSR count). The molecule has 8 aromatic rings. The van der Waals surface area contributed by atoms with Crippen LogP contribution >= 0.6 is 0 Å². The molecule has 0 aliphatic carbocycles. The minimum Gasteiger partial charge on any atom is -0.254 e. The molecule has 2 heterocycles. The van der Waals surface area contributed by atoms with Gasteiger partial charge in [0.05, 0.1) is 11.4 Å². The SMILES string of the molecule is Cc1cccnc1-c1ccc(-c2ccc(-c3c4ccccc4c(-c4ccc5ccccc5c4)c4ccccc34)cc2)cn1. The lowest BCUT2D eigenvalue weighted by atomic mass is 9.85. The maximum Gasteiger partial charge on any atom is 0.0915 e. The Hall–Kier alpha value is -5.60. The highest BCUT2D eigenvalue weighted by Gasteiger charge is 2.17. The van der Waals surface area contributed by atoms with Gasteiger partial charge in [0.1, 0.15) is 0 Å². The third kappa shape index (κ3) is 4.36. The van der Waals surface area contributed by atoms with Crippen molar-refractivity contribution in [2.75, 3.05) is 0 Å². The molecule has 0 aliphatic rings. The van der Waals surface area contributed by atoms with E-state index in [9.17, 15) is 0 Å². The zero-order valence-corrected chi connectivity index (χ0v) is 23.8. The summed E-state index contributed by atoms with van der Waals surface area (Å²) in [6.45, 7) is 2.07. The van der Waals surface area contributed by atoms with E-state index < -0.39 is 0 Å². The molecule has 0 radical (unpaired) electrons. The molecule has 2 aromatic heterocycles. The second-order valence-electron chi connectivity index (χ2n) is 11.1. The highest BCUT2D eigenvalue weighted by Crippen LogP contribution is 2.44. The van der Waals surface area contributed by atoms with E-state index in [-0.39, 0.29) is 0 Å². The summed E-state index contributed by atoms with van der Waals surface area (Å²) >= 11 is 0. The molecular formula is C41H28N2. The minimum atomic E-state index is 0.892. The first-order valence-corrected chi connectivity index (χ1v) is 14.7. The number of fused-ring (bicyclic) bond motifs is 3.